The maximum absolute atomic E-state index is 13.4. The van der Waals surface area contributed by atoms with Crippen molar-refractivity contribution in [1.82, 2.24) is 0 Å². The van der Waals surface area contributed by atoms with Crippen molar-refractivity contribution in [2.45, 2.75) is 70.1 Å². The van der Waals surface area contributed by atoms with Crippen LogP contribution in [0.1, 0.15) is 62.5 Å². The van der Waals surface area contributed by atoms with Crippen molar-refractivity contribution in [1.29, 1.82) is 0 Å². The van der Waals surface area contributed by atoms with Crippen molar-refractivity contribution in [3.63, 3.8) is 0 Å². The Hall–Kier alpha value is -2.24. The van der Waals surface area contributed by atoms with E-state index >= 15 is 0 Å². The molecule has 0 nitrogen and oxygen atoms in total. The minimum Gasteiger partial charge on any atom is -0.166 e. The number of hydrogen-bond donors (Lipinski definition) is 0. The summed E-state index contributed by atoms with van der Waals surface area (Å²) >= 11 is 0. The van der Waals surface area contributed by atoms with Crippen molar-refractivity contribution in [2.75, 3.05) is 0 Å². The van der Waals surface area contributed by atoms with Crippen LogP contribution in [0.15, 0.2) is 71.4 Å². The molecule has 2 aliphatic carbocycles. The lowest BCUT2D eigenvalue weighted by atomic mass is 9.88. The lowest BCUT2D eigenvalue weighted by molar-refractivity contribution is -0.137. The molecule has 2 aliphatic rings. The zero-order valence-electron chi connectivity index (χ0n) is 17.9. The monoisotopic (exact) mass is 454 g/mol. The summed E-state index contributed by atoms with van der Waals surface area (Å²) in [4.78, 5) is 0. The lowest BCUT2D eigenvalue weighted by Crippen LogP contribution is -2.14. The summed E-state index contributed by atoms with van der Waals surface area (Å²) in [5.74, 6) is 0.208. The van der Waals surface area contributed by atoms with Gasteiger partial charge in [-0.2, -0.15) is 26.3 Å². The van der Waals surface area contributed by atoms with Gasteiger partial charge in [0.05, 0.1) is 11.1 Å². The van der Waals surface area contributed by atoms with Crippen LogP contribution in [-0.4, -0.2) is 6.18 Å². The van der Waals surface area contributed by atoms with Crippen LogP contribution >= 0.6 is 0 Å². The van der Waals surface area contributed by atoms with Crippen LogP contribution in [-0.2, 0) is 12.6 Å². The molecule has 0 fully saturated rings. The highest BCUT2D eigenvalue weighted by Gasteiger charge is 2.35. The molecular weight excluding hydrogens is 426 g/mol. The van der Waals surface area contributed by atoms with Crippen LogP contribution in [0.3, 0.4) is 0 Å². The van der Waals surface area contributed by atoms with E-state index in [-0.39, 0.29) is 5.92 Å². The molecule has 1 atom stereocenters. The van der Waals surface area contributed by atoms with Gasteiger partial charge in [0.1, 0.15) is 0 Å². The fourth-order valence-electron chi connectivity index (χ4n) is 4.52. The molecule has 3 rings (SSSR count). The maximum atomic E-state index is 13.4. The Morgan fingerprint density at radius 1 is 0.906 bits per heavy atom. The number of aryl methyl sites for hydroxylation is 1. The van der Waals surface area contributed by atoms with Gasteiger partial charge in [0.15, 0.2) is 0 Å². The van der Waals surface area contributed by atoms with Crippen molar-refractivity contribution in [3.8, 4) is 0 Å². The Morgan fingerprint density at radius 2 is 1.72 bits per heavy atom. The highest BCUT2D eigenvalue weighted by atomic mass is 19.4. The average molecular weight is 454 g/mol. The van der Waals surface area contributed by atoms with Crippen molar-refractivity contribution in [2.24, 2.45) is 5.92 Å². The third-order valence-electron chi connectivity index (χ3n) is 6.19. The molecule has 0 saturated carbocycles. The van der Waals surface area contributed by atoms with E-state index in [9.17, 15) is 26.3 Å². The predicted octanol–water partition coefficient (Wildman–Crippen LogP) is 8.91. The van der Waals surface area contributed by atoms with E-state index in [0.29, 0.717) is 30.4 Å². The second-order valence-electron chi connectivity index (χ2n) is 8.61. The Kier molecular flexibility index (Phi) is 8.07. The van der Waals surface area contributed by atoms with Gasteiger partial charge in [0, 0.05) is 0 Å². The van der Waals surface area contributed by atoms with E-state index in [4.69, 9.17) is 0 Å². The van der Waals surface area contributed by atoms with Crippen LogP contribution in [0, 0.1) is 5.92 Å². The van der Waals surface area contributed by atoms with E-state index in [1.54, 1.807) is 18.2 Å². The van der Waals surface area contributed by atoms with Gasteiger partial charge in [0.25, 0.3) is 0 Å². The molecule has 0 bridgehead atoms. The largest absolute Gasteiger partial charge is 0.416 e. The van der Waals surface area contributed by atoms with Gasteiger partial charge in [-0.15, -0.1) is 0 Å². The van der Waals surface area contributed by atoms with Crippen molar-refractivity contribution < 1.29 is 26.3 Å². The van der Waals surface area contributed by atoms with Gasteiger partial charge < -0.3 is 0 Å². The fraction of sp³-hybridized carbons (Fsp3) is 0.462. The quantitative estimate of drug-likeness (QED) is 0.297. The molecule has 0 heterocycles. The standard InChI is InChI=1S/C26H28F6/c27-25(28,29)23-13-6-11-20(18-23)9-4-7-19-8-5-10-21(16-15-19)17-22-12-2-1-3-14-24(22)26(30,31)32/h1-3,6,8,11,13-14,18,21H,4-5,7,9-10,12,15-17H2. The smallest absolute Gasteiger partial charge is 0.166 e. The highest BCUT2D eigenvalue weighted by Crippen LogP contribution is 2.37. The molecule has 1 unspecified atom stereocenters. The minimum absolute atomic E-state index is 0.208. The van der Waals surface area contributed by atoms with Gasteiger partial charge in [-0.05, 0) is 75.3 Å². The first-order valence-electron chi connectivity index (χ1n) is 11.1. The van der Waals surface area contributed by atoms with Crippen LogP contribution in [0.25, 0.3) is 0 Å². The number of alkyl halides is 6. The summed E-state index contributed by atoms with van der Waals surface area (Å²) in [6.45, 7) is 0. The van der Waals surface area contributed by atoms with Crippen LogP contribution in [0.5, 0.6) is 0 Å². The molecule has 0 spiro atoms. The molecule has 0 aliphatic heterocycles. The first-order valence-corrected chi connectivity index (χ1v) is 11.1. The SMILES string of the molecule is FC(F)(F)C1=C(CC2CCC=C(CCCc3cccc(C(F)(F)F)c3)CC2)CC=CC=C1. The molecule has 0 saturated heterocycles. The summed E-state index contributed by atoms with van der Waals surface area (Å²) in [6, 6.07) is 5.44. The fourth-order valence-corrected chi connectivity index (χ4v) is 4.52. The summed E-state index contributed by atoms with van der Waals surface area (Å²) in [6.07, 6.45) is 5.88. The zero-order chi connectivity index (χ0) is 23.2. The topological polar surface area (TPSA) is 0 Å². The lowest BCUT2D eigenvalue weighted by Gasteiger charge is -2.19. The first-order chi connectivity index (χ1) is 15.1. The molecule has 0 amide bonds. The van der Waals surface area contributed by atoms with Gasteiger partial charge in [0.2, 0.25) is 0 Å². The number of halogens is 6. The van der Waals surface area contributed by atoms with Gasteiger partial charge >= 0.3 is 12.4 Å². The number of allylic oxidation sites excluding steroid dienone is 8. The van der Waals surface area contributed by atoms with E-state index in [1.807, 2.05) is 0 Å². The van der Waals surface area contributed by atoms with E-state index < -0.39 is 23.5 Å². The Balaban J connectivity index is 1.52. The summed E-state index contributed by atoms with van der Waals surface area (Å²) in [5, 5.41) is 0. The molecule has 32 heavy (non-hydrogen) atoms. The zero-order valence-corrected chi connectivity index (χ0v) is 17.9. The Morgan fingerprint density at radius 3 is 2.47 bits per heavy atom. The molecule has 0 N–H and O–H groups in total. The van der Waals surface area contributed by atoms with Crippen LogP contribution < -0.4 is 0 Å². The molecule has 0 aromatic heterocycles. The molecule has 1 aromatic carbocycles. The third kappa shape index (κ3) is 7.14. The Bertz CT molecular complexity index is 896. The van der Waals surface area contributed by atoms with E-state index in [0.717, 1.165) is 44.6 Å². The Labute approximate surface area is 185 Å². The van der Waals surface area contributed by atoms with Crippen molar-refractivity contribution >= 4 is 0 Å². The van der Waals surface area contributed by atoms with Gasteiger partial charge in [-0.1, -0.05) is 59.7 Å². The minimum atomic E-state index is -4.34. The molecular formula is C26H28F6. The van der Waals surface area contributed by atoms with Gasteiger partial charge in [-0.3, -0.25) is 0 Å². The number of rotatable bonds is 6. The van der Waals surface area contributed by atoms with Gasteiger partial charge in [-0.25, -0.2) is 0 Å². The second kappa shape index (κ2) is 10.6. The summed E-state index contributed by atoms with van der Waals surface area (Å²) in [7, 11) is 0. The molecule has 0 radical (unpaired) electrons. The molecule has 6 heteroatoms. The van der Waals surface area contributed by atoms with Crippen LogP contribution in [0.2, 0.25) is 0 Å². The summed E-state index contributed by atoms with van der Waals surface area (Å²) in [5.41, 5.74) is 1.27. The molecule has 1 aromatic rings. The maximum Gasteiger partial charge on any atom is 0.416 e. The van der Waals surface area contributed by atoms with Crippen molar-refractivity contribution in [3.05, 3.63) is 82.5 Å². The van der Waals surface area contributed by atoms with E-state index in [1.165, 1.54) is 29.9 Å². The number of hydrogen-bond acceptors (Lipinski definition) is 0. The van der Waals surface area contributed by atoms with Crippen LogP contribution in [0.4, 0.5) is 26.3 Å². The summed E-state index contributed by atoms with van der Waals surface area (Å²) < 4.78 is 78.9. The third-order valence-corrected chi connectivity index (χ3v) is 6.19. The predicted molar refractivity (Wildman–Crippen MR) is 115 cm³/mol. The highest BCUT2D eigenvalue weighted by molar-refractivity contribution is 5.36. The van der Waals surface area contributed by atoms with E-state index in [2.05, 4.69) is 6.08 Å². The second-order valence-corrected chi connectivity index (χ2v) is 8.61. The molecule has 174 valence electrons. The normalized spacial score (nSPS) is 20.2. The first kappa shape index (κ1) is 24.4. The average Bonchev–Trinajstić information content (AvgIpc) is 3.08. The number of benzene rings is 1.